The summed E-state index contributed by atoms with van der Waals surface area (Å²) in [6.45, 7) is 6.58. The number of hydrogen-bond acceptors (Lipinski definition) is 6. The molecule has 79 heavy (non-hydrogen) atoms. The summed E-state index contributed by atoms with van der Waals surface area (Å²) in [5.41, 5.74) is 0. The number of esters is 3. The van der Waals surface area contributed by atoms with Crippen LogP contribution in [0.3, 0.4) is 0 Å². The molecule has 0 spiro atoms. The summed E-state index contributed by atoms with van der Waals surface area (Å²) in [6.07, 6.45) is 87.7. The van der Waals surface area contributed by atoms with Crippen LogP contribution in [0.15, 0.2) is 72.9 Å². The van der Waals surface area contributed by atoms with Crippen LogP contribution in [0.2, 0.25) is 0 Å². The lowest BCUT2D eigenvalue weighted by Gasteiger charge is -2.18. The van der Waals surface area contributed by atoms with E-state index in [9.17, 15) is 14.4 Å². The molecule has 0 amide bonds. The molecule has 0 N–H and O–H groups in total. The largest absolute Gasteiger partial charge is 0.462 e. The molecule has 0 saturated heterocycles. The highest BCUT2D eigenvalue weighted by molar-refractivity contribution is 5.71. The first kappa shape index (κ1) is 75.8. The molecule has 6 heteroatoms. The van der Waals surface area contributed by atoms with Crippen molar-refractivity contribution >= 4 is 17.9 Å². The molecule has 0 radical (unpaired) electrons. The first-order valence-corrected chi connectivity index (χ1v) is 34.4. The molecule has 0 saturated carbocycles. The van der Waals surface area contributed by atoms with Crippen molar-refractivity contribution in [2.75, 3.05) is 13.2 Å². The molecule has 0 aromatic rings. The third kappa shape index (κ3) is 65.5. The molecular weight excluding hydrogens is 973 g/mol. The number of rotatable bonds is 63. The molecule has 0 aromatic heterocycles. The highest BCUT2D eigenvalue weighted by atomic mass is 16.6. The lowest BCUT2D eigenvalue weighted by molar-refractivity contribution is -0.167. The van der Waals surface area contributed by atoms with Crippen LogP contribution in [0.1, 0.15) is 355 Å². The second-order valence-electron chi connectivity index (χ2n) is 23.1. The summed E-state index contributed by atoms with van der Waals surface area (Å²) >= 11 is 0. The number of ether oxygens (including phenoxy) is 3. The number of hydrogen-bond donors (Lipinski definition) is 0. The quantitative estimate of drug-likeness (QED) is 0.0261. The van der Waals surface area contributed by atoms with Crippen molar-refractivity contribution in [2.24, 2.45) is 0 Å². The summed E-state index contributed by atoms with van der Waals surface area (Å²) in [4.78, 5) is 38.4. The van der Waals surface area contributed by atoms with Crippen LogP contribution in [0, 0.1) is 0 Å². The van der Waals surface area contributed by atoms with Gasteiger partial charge in [-0.1, -0.05) is 338 Å². The standard InChI is InChI=1S/C73H130O6/c1-4-7-10-13-16-19-22-25-28-31-32-33-34-35-36-37-38-39-40-41-42-43-46-48-51-54-57-60-63-66-72(75)78-69-70(79-73(76)67-64-61-58-55-52-49-45-30-27-24-21-18-15-12-9-6-3)68-77-71(74)65-62-59-56-53-50-47-44-29-26-23-20-17-14-11-8-5-2/h7,10,16,19,25,28,32-33,35-36,38-39,70H,4-6,8-9,11-15,17-18,20-24,26-27,29-31,34,37,40-69H2,1-3H3/b10-7-,19-16-,28-25-,33-32-,36-35-,39-38-. The molecule has 0 aliphatic carbocycles. The Morgan fingerprint density at radius 2 is 0.494 bits per heavy atom. The predicted octanol–water partition coefficient (Wildman–Crippen LogP) is 23.7. The number of carbonyl (C=O) groups excluding carboxylic acids is 3. The third-order valence-corrected chi connectivity index (χ3v) is 15.2. The smallest absolute Gasteiger partial charge is 0.306 e. The first-order chi connectivity index (χ1) is 39.0. The highest BCUT2D eigenvalue weighted by Crippen LogP contribution is 2.18. The average Bonchev–Trinajstić information content (AvgIpc) is 3.45. The molecule has 0 heterocycles. The zero-order valence-electron chi connectivity index (χ0n) is 52.6. The zero-order chi connectivity index (χ0) is 57.1. The van der Waals surface area contributed by atoms with E-state index in [-0.39, 0.29) is 31.1 Å². The second kappa shape index (κ2) is 67.4. The van der Waals surface area contributed by atoms with Crippen molar-refractivity contribution < 1.29 is 28.6 Å². The molecule has 0 aliphatic heterocycles. The van der Waals surface area contributed by atoms with E-state index in [0.717, 1.165) is 96.3 Å². The van der Waals surface area contributed by atoms with Crippen LogP contribution in [-0.4, -0.2) is 37.2 Å². The molecular formula is C73H130O6. The normalized spacial score (nSPS) is 12.5. The number of allylic oxidation sites excluding steroid dienone is 12. The van der Waals surface area contributed by atoms with Gasteiger partial charge in [0.1, 0.15) is 13.2 Å². The van der Waals surface area contributed by atoms with Gasteiger partial charge in [-0.15, -0.1) is 0 Å². The van der Waals surface area contributed by atoms with Crippen molar-refractivity contribution in [3.63, 3.8) is 0 Å². The Morgan fingerprint density at radius 3 is 0.772 bits per heavy atom. The van der Waals surface area contributed by atoms with Crippen molar-refractivity contribution in [1.29, 1.82) is 0 Å². The van der Waals surface area contributed by atoms with Gasteiger partial charge in [-0.2, -0.15) is 0 Å². The number of carbonyl (C=O) groups is 3. The average molecular weight is 1100 g/mol. The fourth-order valence-corrected chi connectivity index (χ4v) is 10.1. The van der Waals surface area contributed by atoms with Gasteiger partial charge in [0.25, 0.3) is 0 Å². The van der Waals surface area contributed by atoms with Crippen LogP contribution in [0.4, 0.5) is 0 Å². The van der Waals surface area contributed by atoms with Gasteiger partial charge in [0.2, 0.25) is 0 Å². The second-order valence-corrected chi connectivity index (χ2v) is 23.1. The minimum absolute atomic E-state index is 0.0703. The Hall–Kier alpha value is -3.15. The van der Waals surface area contributed by atoms with Gasteiger partial charge in [-0.3, -0.25) is 14.4 Å². The Bertz CT molecular complexity index is 1450. The molecule has 0 aliphatic rings. The summed E-state index contributed by atoms with van der Waals surface area (Å²) in [6, 6.07) is 0. The fourth-order valence-electron chi connectivity index (χ4n) is 10.1. The maximum atomic E-state index is 12.9. The Morgan fingerprint density at radius 1 is 0.266 bits per heavy atom. The molecule has 0 aromatic carbocycles. The van der Waals surface area contributed by atoms with E-state index in [1.54, 1.807) is 0 Å². The summed E-state index contributed by atoms with van der Waals surface area (Å²) in [7, 11) is 0. The first-order valence-electron chi connectivity index (χ1n) is 34.4. The Balaban J connectivity index is 4.27. The monoisotopic (exact) mass is 1100 g/mol. The molecule has 6 nitrogen and oxygen atoms in total. The summed E-state index contributed by atoms with van der Waals surface area (Å²) in [5.74, 6) is -0.851. The Labute approximate surface area is 491 Å². The maximum absolute atomic E-state index is 12.9. The maximum Gasteiger partial charge on any atom is 0.306 e. The van der Waals surface area contributed by atoms with Crippen LogP contribution < -0.4 is 0 Å². The molecule has 0 fully saturated rings. The van der Waals surface area contributed by atoms with Crippen LogP contribution >= 0.6 is 0 Å². The molecule has 0 bridgehead atoms. The SMILES string of the molecule is CC/C=C\C/C=C\C/C=C\C/C=C\C/C=C\C/C=C\CCCCCCCCCCCCC(=O)OCC(COC(=O)CCCCCCCCCCCCCCCCCC)OC(=O)CCCCCCCCCCCCCCCCCC. The molecule has 458 valence electrons. The van der Waals surface area contributed by atoms with Gasteiger partial charge in [0, 0.05) is 19.3 Å². The van der Waals surface area contributed by atoms with Crippen LogP contribution in [0.25, 0.3) is 0 Å². The van der Waals surface area contributed by atoms with Crippen LogP contribution in [0.5, 0.6) is 0 Å². The summed E-state index contributed by atoms with van der Waals surface area (Å²) < 4.78 is 17.0. The highest BCUT2D eigenvalue weighted by Gasteiger charge is 2.19. The zero-order valence-corrected chi connectivity index (χ0v) is 52.6. The van der Waals surface area contributed by atoms with Gasteiger partial charge < -0.3 is 14.2 Å². The van der Waals surface area contributed by atoms with Gasteiger partial charge in [-0.05, 0) is 70.6 Å². The van der Waals surface area contributed by atoms with Crippen LogP contribution in [-0.2, 0) is 28.6 Å². The van der Waals surface area contributed by atoms with E-state index >= 15 is 0 Å². The van der Waals surface area contributed by atoms with E-state index in [1.807, 2.05) is 0 Å². The molecule has 1 unspecified atom stereocenters. The fraction of sp³-hybridized carbons (Fsp3) is 0.795. The van der Waals surface area contributed by atoms with Crippen molar-refractivity contribution in [3.8, 4) is 0 Å². The van der Waals surface area contributed by atoms with E-state index < -0.39 is 6.10 Å². The van der Waals surface area contributed by atoms with Gasteiger partial charge in [0.15, 0.2) is 6.10 Å². The minimum atomic E-state index is -0.774. The summed E-state index contributed by atoms with van der Waals surface area (Å²) in [5, 5.41) is 0. The predicted molar refractivity (Wildman–Crippen MR) is 344 cm³/mol. The van der Waals surface area contributed by atoms with E-state index in [4.69, 9.17) is 14.2 Å². The van der Waals surface area contributed by atoms with E-state index in [2.05, 4.69) is 93.7 Å². The molecule has 1 atom stereocenters. The van der Waals surface area contributed by atoms with Gasteiger partial charge >= 0.3 is 17.9 Å². The van der Waals surface area contributed by atoms with Crippen molar-refractivity contribution in [1.82, 2.24) is 0 Å². The Kier molecular flexibility index (Phi) is 64.7. The lowest BCUT2D eigenvalue weighted by atomic mass is 10.0. The van der Waals surface area contributed by atoms with Gasteiger partial charge in [-0.25, -0.2) is 0 Å². The van der Waals surface area contributed by atoms with Gasteiger partial charge in [0.05, 0.1) is 0 Å². The van der Waals surface area contributed by atoms with E-state index in [0.29, 0.717) is 19.3 Å². The van der Waals surface area contributed by atoms with Crippen molar-refractivity contribution in [3.05, 3.63) is 72.9 Å². The minimum Gasteiger partial charge on any atom is -0.462 e. The molecule has 0 rings (SSSR count). The van der Waals surface area contributed by atoms with Crippen molar-refractivity contribution in [2.45, 2.75) is 361 Å². The lowest BCUT2D eigenvalue weighted by Crippen LogP contribution is -2.30. The van der Waals surface area contributed by atoms with E-state index in [1.165, 1.54) is 218 Å². The number of unbranched alkanes of at least 4 members (excludes halogenated alkanes) is 40. The topological polar surface area (TPSA) is 78.9 Å². The third-order valence-electron chi connectivity index (χ3n) is 15.2.